The second-order valence-corrected chi connectivity index (χ2v) is 7.97. The van der Waals surface area contributed by atoms with E-state index in [9.17, 15) is 4.79 Å². The van der Waals surface area contributed by atoms with Crippen LogP contribution in [0.4, 0.5) is 0 Å². The van der Waals surface area contributed by atoms with Crippen molar-refractivity contribution in [1.29, 1.82) is 0 Å². The van der Waals surface area contributed by atoms with E-state index in [1.165, 1.54) is 12.0 Å². The Labute approximate surface area is 157 Å². The van der Waals surface area contributed by atoms with E-state index in [2.05, 4.69) is 40.1 Å². The van der Waals surface area contributed by atoms with Gasteiger partial charge in [-0.15, -0.1) is 12.4 Å². The highest BCUT2D eigenvalue weighted by Crippen LogP contribution is 2.38. The van der Waals surface area contributed by atoms with E-state index < -0.39 is 0 Å². The maximum Gasteiger partial charge on any atom is 0.226 e. The lowest BCUT2D eigenvalue weighted by Gasteiger charge is -2.34. The van der Waals surface area contributed by atoms with Crippen LogP contribution in [0.3, 0.4) is 0 Å². The number of piperidine rings is 1. The van der Waals surface area contributed by atoms with Gasteiger partial charge < -0.3 is 10.6 Å². The number of hydrogen-bond donors (Lipinski definition) is 1. The number of nitrogens with two attached hydrogens (primary N) is 1. The van der Waals surface area contributed by atoms with Crippen molar-refractivity contribution in [1.82, 2.24) is 9.80 Å². The van der Waals surface area contributed by atoms with Crippen LogP contribution in [0.2, 0.25) is 0 Å². The largest absolute Gasteiger partial charge is 0.342 e. The summed E-state index contributed by atoms with van der Waals surface area (Å²) in [4.78, 5) is 17.6. The Kier molecular flexibility index (Phi) is 6.03. The van der Waals surface area contributed by atoms with Crippen molar-refractivity contribution in [2.45, 2.75) is 38.3 Å². The summed E-state index contributed by atoms with van der Waals surface area (Å²) in [5.74, 6) is 1.78. The van der Waals surface area contributed by atoms with Gasteiger partial charge >= 0.3 is 0 Å². The summed E-state index contributed by atoms with van der Waals surface area (Å²) in [6.07, 6.45) is 4.53. The third kappa shape index (κ3) is 4.02. The van der Waals surface area contributed by atoms with E-state index in [1.807, 2.05) is 0 Å². The Hall–Kier alpha value is -1.10. The molecule has 1 aliphatic carbocycles. The Morgan fingerprint density at radius 1 is 1.08 bits per heavy atom. The Bertz CT molecular complexity index is 582. The minimum atomic E-state index is 0. The van der Waals surface area contributed by atoms with Gasteiger partial charge in [0.05, 0.1) is 5.92 Å². The number of likely N-dealkylation sites (tertiary alicyclic amines) is 2. The second-order valence-electron chi connectivity index (χ2n) is 7.97. The smallest absolute Gasteiger partial charge is 0.226 e. The number of carbonyl (C=O) groups is 1. The second kappa shape index (κ2) is 8.07. The standard InChI is InChI=1S/C20H29N3O.ClH/c21-19-9-8-16-13-23(14-18(16)19)20(24)17-7-4-10-22(12-17)11-15-5-2-1-3-6-15;/h1-3,5-6,16-19H,4,7-14,21H2;1H. The molecule has 25 heavy (non-hydrogen) atoms. The number of fused-ring (bicyclic) bond motifs is 1. The molecule has 2 N–H and O–H groups in total. The first-order valence-corrected chi connectivity index (χ1v) is 9.51. The van der Waals surface area contributed by atoms with Gasteiger partial charge in [0.1, 0.15) is 0 Å². The zero-order chi connectivity index (χ0) is 16.5. The SMILES string of the molecule is Cl.NC1CCC2CN(C(=O)C3CCCN(Cc4ccccc4)C3)CC12. The highest BCUT2D eigenvalue weighted by atomic mass is 35.5. The van der Waals surface area contributed by atoms with Gasteiger partial charge in [-0.05, 0) is 49.6 Å². The molecule has 2 saturated heterocycles. The van der Waals surface area contributed by atoms with Crippen LogP contribution in [-0.4, -0.2) is 47.9 Å². The molecule has 4 nitrogen and oxygen atoms in total. The molecule has 0 radical (unpaired) electrons. The molecule has 4 unspecified atom stereocenters. The highest BCUT2D eigenvalue weighted by Gasteiger charge is 2.43. The zero-order valence-electron chi connectivity index (χ0n) is 14.8. The van der Waals surface area contributed by atoms with E-state index in [1.54, 1.807) is 0 Å². The van der Waals surface area contributed by atoms with E-state index in [0.717, 1.165) is 52.0 Å². The van der Waals surface area contributed by atoms with Crippen molar-refractivity contribution in [3.8, 4) is 0 Å². The van der Waals surface area contributed by atoms with Crippen LogP contribution in [0.25, 0.3) is 0 Å². The minimum absolute atomic E-state index is 0. The Balaban J connectivity index is 0.00000182. The summed E-state index contributed by atoms with van der Waals surface area (Å²) in [7, 11) is 0. The van der Waals surface area contributed by atoms with Crippen LogP contribution in [0.15, 0.2) is 30.3 Å². The lowest BCUT2D eigenvalue weighted by atomic mass is 9.96. The molecule has 4 rings (SSSR count). The van der Waals surface area contributed by atoms with Gasteiger partial charge in [0.2, 0.25) is 5.91 Å². The molecule has 2 heterocycles. The maximum atomic E-state index is 13.0. The van der Waals surface area contributed by atoms with E-state index >= 15 is 0 Å². The number of halogens is 1. The van der Waals surface area contributed by atoms with Crippen LogP contribution in [0.1, 0.15) is 31.2 Å². The van der Waals surface area contributed by atoms with Crippen LogP contribution in [-0.2, 0) is 11.3 Å². The molecule has 1 aromatic carbocycles. The first-order valence-electron chi connectivity index (χ1n) is 9.51. The summed E-state index contributed by atoms with van der Waals surface area (Å²) < 4.78 is 0. The van der Waals surface area contributed by atoms with Crippen molar-refractivity contribution >= 4 is 18.3 Å². The number of rotatable bonds is 3. The molecule has 3 aliphatic rings. The molecule has 1 amide bonds. The third-order valence-corrected chi connectivity index (χ3v) is 6.33. The fourth-order valence-corrected chi connectivity index (χ4v) is 4.99. The summed E-state index contributed by atoms with van der Waals surface area (Å²) in [6, 6.07) is 10.9. The number of hydrogen-bond acceptors (Lipinski definition) is 3. The summed E-state index contributed by atoms with van der Waals surface area (Å²) >= 11 is 0. The fourth-order valence-electron chi connectivity index (χ4n) is 4.99. The third-order valence-electron chi connectivity index (χ3n) is 6.33. The molecule has 1 aromatic rings. The average molecular weight is 364 g/mol. The van der Waals surface area contributed by atoms with Gasteiger partial charge in [0, 0.05) is 32.2 Å². The molecule has 4 atom stereocenters. The Morgan fingerprint density at radius 3 is 2.64 bits per heavy atom. The normalized spacial score (nSPS) is 32.3. The number of benzene rings is 1. The molecule has 5 heteroatoms. The molecule has 0 bridgehead atoms. The maximum absolute atomic E-state index is 13.0. The van der Waals surface area contributed by atoms with Gasteiger partial charge in [0.15, 0.2) is 0 Å². The minimum Gasteiger partial charge on any atom is -0.342 e. The van der Waals surface area contributed by atoms with Gasteiger partial charge in [-0.25, -0.2) is 0 Å². The van der Waals surface area contributed by atoms with Crippen LogP contribution in [0, 0.1) is 17.8 Å². The van der Waals surface area contributed by atoms with Crippen molar-refractivity contribution in [2.75, 3.05) is 26.2 Å². The number of carbonyl (C=O) groups excluding carboxylic acids is 1. The lowest BCUT2D eigenvalue weighted by Crippen LogP contribution is -2.44. The Morgan fingerprint density at radius 2 is 1.88 bits per heavy atom. The van der Waals surface area contributed by atoms with E-state index in [0.29, 0.717) is 23.8 Å². The molecule has 138 valence electrons. The molecule has 2 aliphatic heterocycles. The summed E-state index contributed by atoms with van der Waals surface area (Å²) in [5.41, 5.74) is 7.56. The molecule has 0 aromatic heterocycles. The number of amides is 1. The van der Waals surface area contributed by atoms with Crippen molar-refractivity contribution < 1.29 is 4.79 Å². The zero-order valence-corrected chi connectivity index (χ0v) is 15.7. The molecule has 1 saturated carbocycles. The lowest BCUT2D eigenvalue weighted by molar-refractivity contribution is -0.136. The van der Waals surface area contributed by atoms with Gasteiger partial charge in [-0.2, -0.15) is 0 Å². The molecule has 0 spiro atoms. The predicted octanol–water partition coefficient (Wildman–Crippen LogP) is 2.52. The predicted molar refractivity (Wildman–Crippen MR) is 102 cm³/mol. The summed E-state index contributed by atoms with van der Waals surface area (Å²) in [5, 5.41) is 0. The summed E-state index contributed by atoms with van der Waals surface area (Å²) in [6.45, 7) is 4.83. The molecule has 3 fully saturated rings. The topological polar surface area (TPSA) is 49.6 Å². The molecular formula is C20H30ClN3O. The van der Waals surface area contributed by atoms with Gasteiger partial charge in [0.25, 0.3) is 0 Å². The van der Waals surface area contributed by atoms with E-state index in [-0.39, 0.29) is 18.3 Å². The first-order chi connectivity index (χ1) is 11.7. The quantitative estimate of drug-likeness (QED) is 0.897. The monoisotopic (exact) mass is 363 g/mol. The van der Waals surface area contributed by atoms with Crippen molar-refractivity contribution in [3.63, 3.8) is 0 Å². The van der Waals surface area contributed by atoms with Gasteiger partial charge in [-0.3, -0.25) is 9.69 Å². The fraction of sp³-hybridized carbons (Fsp3) is 0.650. The average Bonchev–Trinajstić information content (AvgIpc) is 3.18. The van der Waals surface area contributed by atoms with Gasteiger partial charge in [-0.1, -0.05) is 30.3 Å². The highest BCUT2D eigenvalue weighted by molar-refractivity contribution is 5.85. The van der Waals surface area contributed by atoms with Crippen molar-refractivity contribution in [2.24, 2.45) is 23.5 Å². The van der Waals surface area contributed by atoms with E-state index in [4.69, 9.17) is 5.73 Å². The van der Waals surface area contributed by atoms with Crippen molar-refractivity contribution in [3.05, 3.63) is 35.9 Å². The van der Waals surface area contributed by atoms with Crippen LogP contribution < -0.4 is 5.73 Å². The number of nitrogens with zero attached hydrogens (tertiary/aromatic N) is 2. The van der Waals surface area contributed by atoms with Crippen LogP contribution in [0.5, 0.6) is 0 Å². The first kappa shape index (κ1) is 18.7. The van der Waals surface area contributed by atoms with Crippen LogP contribution >= 0.6 is 12.4 Å². The molecular weight excluding hydrogens is 334 g/mol.